The number of hydrogen-bond donors (Lipinski definition) is 1. The van der Waals surface area contributed by atoms with Crippen molar-refractivity contribution in [2.24, 2.45) is 0 Å². The molecule has 0 aliphatic heterocycles. The molecule has 0 aliphatic carbocycles. The summed E-state index contributed by atoms with van der Waals surface area (Å²) in [4.78, 5) is 11.3. The zero-order chi connectivity index (χ0) is 12.8. The Hall–Kier alpha value is -1.42. The Morgan fingerprint density at radius 1 is 1.29 bits per heavy atom. The first-order valence-corrected chi connectivity index (χ1v) is 5.67. The summed E-state index contributed by atoms with van der Waals surface area (Å²) in [5.74, 6) is -0.547. The van der Waals surface area contributed by atoms with E-state index in [-0.39, 0.29) is 30.5 Å². The average molecular weight is 239 g/mol. The molecule has 0 saturated carbocycles. The lowest BCUT2D eigenvalue weighted by molar-refractivity contribution is -0.146. The van der Waals surface area contributed by atoms with Crippen LogP contribution in [0.3, 0.4) is 0 Å². The SMILES string of the molecule is CC(C)OC(=O)CN[C@@H](C)c1ccc(F)cc1. The van der Waals surface area contributed by atoms with Crippen molar-refractivity contribution in [3.05, 3.63) is 35.6 Å². The predicted octanol–water partition coefficient (Wildman–Crippen LogP) is 2.43. The first-order valence-electron chi connectivity index (χ1n) is 5.67. The number of carbonyl (C=O) groups is 1. The fraction of sp³-hybridized carbons (Fsp3) is 0.462. The number of nitrogens with one attached hydrogen (secondary N) is 1. The van der Waals surface area contributed by atoms with Gasteiger partial charge in [0.05, 0.1) is 12.6 Å². The van der Waals surface area contributed by atoms with Crippen molar-refractivity contribution in [2.45, 2.75) is 32.9 Å². The second-order valence-corrected chi connectivity index (χ2v) is 4.19. The second kappa shape index (κ2) is 6.35. The molecule has 0 unspecified atom stereocenters. The smallest absolute Gasteiger partial charge is 0.320 e. The molecule has 1 aromatic carbocycles. The topological polar surface area (TPSA) is 38.3 Å². The van der Waals surface area contributed by atoms with E-state index in [1.54, 1.807) is 26.0 Å². The molecule has 0 amide bonds. The molecule has 0 heterocycles. The molecule has 1 N–H and O–H groups in total. The quantitative estimate of drug-likeness (QED) is 0.802. The Morgan fingerprint density at radius 2 is 1.88 bits per heavy atom. The van der Waals surface area contributed by atoms with Gasteiger partial charge in [0.15, 0.2) is 0 Å². The van der Waals surface area contributed by atoms with Crippen LogP contribution in [-0.4, -0.2) is 18.6 Å². The highest BCUT2D eigenvalue weighted by Gasteiger charge is 2.09. The van der Waals surface area contributed by atoms with Crippen LogP contribution in [0.25, 0.3) is 0 Å². The van der Waals surface area contributed by atoms with Gasteiger partial charge in [0.25, 0.3) is 0 Å². The zero-order valence-corrected chi connectivity index (χ0v) is 10.4. The van der Waals surface area contributed by atoms with E-state index in [1.165, 1.54) is 12.1 Å². The fourth-order valence-electron chi connectivity index (χ4n) is 1.41. The molecule has 17 heavy (non-hydrogen) atoms. The summed E-state index contributed by atoms with van der Waals surface area (Å²) in [7, 11) is 0. The highest BCUT2D eigenvalue weighted by molar-refractivity contribution is 5.71. The maximum atomic E-state index is 12.7. The minimum absolute atomic E-state index is 0.0182. The van der Waals surface area contributed by atoms with Crippen molar-refractivity contribution < 1.29 is 13.9 Å². The number of benzene rings is 1. The zero-order valence-electron chi connectivity index (χ0n) is 10.4. The summed E-state index contributed by atoms with van der Waals surface area (Å²) in [6.07, 6.45) is -0.106. The predicted molar refractivity (Wildman–Crippen MR) is 64.0 cm³/mol. The second-order valence-electron chi connectivity index (χ2n) is 4.19. The lowest BCUT2D eigenvalue weighted by atomic mass is 10.1. The van der Waals surface area contributed by atoms with Gasteiger partial charge in [-0.1, -0.05) is 12.1 Å². The Morgan fingerprint density at radius 3 is 2.41 bits per heavy atom. The molecule has 0 radical (unpaired) electrons. The van der Waals surface area contributed by atoms with E-state index >= 15 is 0 Å². The Kier molecular flexibility index (Phi) is 5.10. The first-order chi connectivity index (χ1) is 7.99. The number of halogens is 1. The minimum atomic E-state index is -0.283. The van der Waals surface area contributed by atoms with E-state index in [2.05, 4.69) is 5.32 Å². The van der Waals surface area contributed by atoms with Gasteiger partial charge >= 0.3 is 5.97 Å². The molecule has 0 fully saturated rings. The third-order valence-corrected chi connectivity index (χ3v) is 2.29. The number of rotatable bonds is 5. The summed E-state index contributed by atoms with van der Waals surface area (Å²) in [6.45, 7) is 5.68. The van der Waals surface area contributed by atoms with Crippen LogP contribution in [0.1, 0.15) is 32.4 Å². The van der Waals surface area contributed by atoms with E-state index in [1.807, 2.05) is 6.92 Å². The van der Waals surface area contributed by atoms with Gasteiger partial charge in [-0.05, 0) is 38.5 Å². The van der Waals surface area contributed by atoms with Crippen LogP contribution in [0.2, 0.25) is 0 Å². The largest absolute Gasteiger partial charge is 0.462 e. The number of carbonyl (C=O) groups excluding carboxylic acids is 1. The van der Waals surface area contributed by atoms with E-state index < -0.39 is 0 Å². The van der Waals surface area contributed by atoms with Crippen LogP contribution in [0.5, 0.6) is 0 Å². The van der Waals surface area contributed by atoms with Crippen LogP contribution in [0, 0.1) is 5.82 Å². The van der Waals surface area contributed by atoms with E-state index in [9.17, 15) is 9.18 Å². The van der Waals surface area contributed by atoms with Gasteiger partial charge in [0.1, 0.15) is 5.82 Å². The van der Waals surface area contributed by atoms with Gasteiger partial charge < -0.3 is 10.1 Å². The normalized spacial score (nSPS) is 12.5. The van der Waals surface area contributed by atoms with Crippen LogP contribution in [0.15, 0.2) is 24.3 Å². The summed E-state index contributed by atoms with van der Waals surface area (Å²) in [6, 6.07) is 6.18. The molecule has 0 spiro atoms. The summed E-state index contributed by atoms with van der Waals surface area (Å²) in [5.41, 5.74) is 0.934. The highest BCUT2D eigenvalue weighted by Crippen LogP contribution is 2.12. The van der Waals surface area contributed by atoms with Crippen LogP contribution >= 0.6 is 0 Å². The number of esters is 1. The van der Waals surface area contributed by atoms with Crippen molar-refractivity contribution in [1.29, 1.82) is 0 Å². The number of ether oxygens (including phenoxy) is 1. The molecule has 0 bridgehead atoms. The summed E-state index contributed by atoms with van der Waals surface area (Å²) >= 11 is 0. The van der Waals surface area contributed by atoms with Crippen LogP contribution < -0.4 is 5.32 Å². The molecular formula is C13H18FNO2. The van der Waals surface area contributed by atoms with Gasteiger partial charge in [0.2, 0.25) is 0 Å². The van der Waals surface area contributed by atoms with E-state index in [4.69, 9.17) is 4.74 Å². The van der Waals surface area contributed by atoms with Crippen molar-refractivity contribution in [3.8, 4) is 0 Å². The number of hydrogen-bond acceptors (Lipinski definition) is 3. The van der Waals surface area contributed by atoms with Crippen molar-refractivity contribution in [1.82, 2.24) is 5.32 Å². The minimum Gasteiger partial charge on any atom is -0.462 e. The van der Waals surface area contributed by atoms with Gasteiger partial charge in [-0.3, -0.25) is 4.79 Å². The molecule has 0 aromatic heterocycles. The van der Waals surface area contributed by atoms with Gasteiger partial charge in [-0.25, -0.2) is 4.39 Å². The molecule has 3 nitrogen and oxygen atoms in total. The Balaban J connectivity index is 2.42. The molecule has 0 aliphatic rings. The maximum Gasteiger partial charge on any atom is 0.320 e. The third kappa shape index (κ3) is 4.95. The summed E-state index contributed by atoms with van der Waals surface area (Å²) < 4.78 is 17.7. The van der Waals surface area contributed by atoms with Gasteiger partial charge in [0, 0.05) is 6.04 Å². The molecular weight excluding hydrogens is 221 g/mol. The molecule has 4 heteroatoms. The standard InChI is InChI=1S/C13H18FNO2/c1-9(2)17-13(16)8-15-10(3)11-4-6-12(14)7-5-11/h4-7,9-10,15H,8H2,1-3H3/t10-/m0/s1. The Bertz CT molecular complexity index is 362. The maximum absolute atomic E-state index is 12.7. The average Bonchev–Trinajstić information content (AvgIpc) is 2.26. The summed E-state index contributed by atoms with van der Waals surface area (Å²) in [5, 5.41) is 3.03. The van der Waals surface area contributed by atoms with Crippen molar-refractivity contribution in [3.63, 3.8) is 0 Å². The molecule has 94 valence electrons. The van der Waals surface area contributed by atoms with Crippen molar-refractivity contribution in [2.75, 3.05) is 6.54 Å². The molecule has 0 saturated heterocycles. The van der Waals surface area contributed by atoms with Crippen LogP contribution in [-0.2, 0) is 9.53 Å². The van der Waals surface area contributed by atoms with Crippen molar-refractivity contribution >= 4 is 5.97 Å². The third-order valence-electron chi connectivity index (χ3n) is 2.29. The van der Waals surface area contributed by atoms with E-state index in [0.717, 1.165) is 5.56 Å². The Labute approximate surface area is 101 Å². The fourth-order valence-corrected chi connectivity index (χ4v) is 1.41. The lowest BCUT2D eigenvalue weighted by Crippen LogP contribution is -2.28. The highest BCUT2D eigenvalue weighted by atomic mass is 19.1. The van der Waals surface area contributed by atoms with Gasteiger partial charge in [-0.15, -0.1) is 0 Å². The monoisotopic (exact) mass is 239 g/mol. The molecule has 1 atom stereocenters. The van der Waals surface area contributed by atoms with E-state index in [0.29, 0.717) is 0 Å². The van der Waals surface area contributed by atoms with Gasteiger partial charge in [-0.2, -0.15) is 0 Å². The molecule has 1 rings (SSSR count). The first kappa shape index (κ1) is 13.6. The van der Waals surface area contributed by atoms with Crippen LogP contribution in [0.4, 0.5) is 4.39 Å². The lowest BCUT2D eigenvalue weighted by Gasteiger charge is -2.14. The molecule has 1 aromatic rings.